The van der Waals surface area contributed by atoms with Crippen LogP contribution in [0.4, 0.5) is 50.4 Å². The first-order chi connectivity index (χ1) is 32.2. The van der Waals surface area contributed by atoms with Gasteiger partial charge >= 0.3 is 41.4 Å². The molecule has 0 spiro atoms. The van der Waals surface area contributed by atoms with Crippen LogP contribution in [-0.2, 0) is 48.5 Å². The van der Waals surface area contributed by atoms with E-state index in [-0.39, 0.29) is 39.0 Å². The smallest absolute Gasteiger partial charge is 0.456 e. The molecule has 0 aliphatic carbocycles. The van der Waals surface area contributed by atoms with Gasteiger partial charge in [-0.2, -0.15) is 50.4 Å². The molecule has 0 saturated carbocycles. The Morgan fingerprint density at radius 1 is 0.362 bits per heavy atom. The fraction of sp³-hybridized carbons (Fsp3) is 0.0426. The third-order valence-electron chi connectivity index (χ3n) is 7.44. The van der Waals surface area contributed by atoms with Crippen molar-refractivity contribution in [1.29, 1.82) is 0 Å². The summed E-state index contributed by atoms with van der Waals surface area (Å²) < 4.78 is 121. The van der Waals surface area contributed by atoms with Crippen molar-refractivity contribution in [3.63, 3.8) is 0 Å². The Bertz CT molecular complexity index is 1980. The molecule has 7 aromatic carbocycles. The second kappa shape index (κ2) is 43.4. The second-order valence-electron chi connectivity index (χ2n) is 11.8. The van der Waals surface area contributed by atoms with Crippen LogP contribution in [0, 0.1) is 11.8 Å². The maximum absolute atomic E-state index is 10.8. The number of esters is 1. The first-order valence-corrected chi connectivity index (χ1v) is 25.6. The van der Waals surface area contributed by atoms with Crippen molar-refractivity contribution in [2.24, 2.45) is 0 Å². The van der Waals surface area contributed by atoms with Gasteiger partial charge in [0.05, 0.1) is 6.61 Å². The molecule has 0 atom stereocenters. The van der Waals surface area contributed by atoms with Crippen molar-refractivity contribution in [1.82, 2.24) is 0 Å². The van der Waals surface area contributed by atoms with E-state index in [0.717, 1.165) is 5.56 Å². The maximum Gasteiger partial charge on any atom is 0.456 e. The number of carbonyl (C=O) groups is 1. The standard InChI is InChI=1S/2C18H15P.C11H10O2.4F3P.2Rh/c2*1-4-10-16(11-5-1)19(17-12-6-2-7-13-17)18-14-8-3-9-15-18;1-2-13-11(12)9-8-10-6-4-3-5-7-10;4*1-4(2)3;;/h2*1-15H;3-7H,2H2,1H3;;;;;;. The molecule has 7 rings (SSSR count). The van der Waals surface area contributed by atoms with Crippen molar-refractivity contribution in [3.8, 4) is 11.8 Å². The summed E-state index contributed by atoms with van der Waals surface area (Å²) in [5, 5.41) is 8.39. The maximum atomic E-state index is 10.8. The van der Waals surface area contributed by atoms with Gasteiger partial charge < -0.3 is 4.74 Å². The molecule has 69 heavy (non-hydrogen) atoms. The monoisotopic (exact) mass is 1260 g/mol. The molecule has 0 aliphatic heterocycles. The van der Waals surface area contributed by atoms with E-state index in [4.69, 9.17) is 0 Å². The van der Waals surface area contributed by atoms with Crippen LogP contribution in [0.15, 0.2) is 212 Å². The van der Waals surface area contributed by atoms with Gasteiger partial charge in [0.15, 0.2) is 0 Å². The Morgan fingerprint density at radius 3 is 0.710 bits per heavy atom. The minimum Gasteiger partial charge on any atom is -0.456 e. The molecule has 0 heterocycles. The van der Waals surface area contributed by atoms with E-state index in [1.807, 2.05) is 30.3 Å². The van der Waals surface area contributed by atoms with E-state index < -0.39 is 57.2 Å². The minimum absolute atomic E-state index is 0. The van der Waals surface area contributed by atoms with Crippen LogP contribution in [0.3, 0.4) is 0 Å². The zero-order chi connectivity index (χ0) is 49.7. The summed E-state index contributed by atoms with van der Waals surface area (Å²) in [4.78, 5) is 10.8. The predicted molar refractivity (Wildman–Crippen MR) is 261 cm³/mol. The third kappa shape index (κ3) is 35.3. The molecule has 2 radical (unpaired) electrons. The molecule has 0 fully saturated rings. The number of hydrogen-bond acceptors (Lipinski definition) is 2. The van der Waals surface area contributed by atoms with Crippen LogP contribution in [0.25, 0.3) is 0 Å². The molecular weight excluding hydrogens is 1220 g/mol. The van der Waals surface area contributed by atoms with Gasteiger partial charge in [-0.25, -0.2) is 4.79 Å². The van der Waals surface area contributed by atoms with E-state index in [1.54, 1.807) is 6.92 Å². The van der Waals surface area contributed by atoms with Crippen molar-refractivity contribution in [2.75, 3.05) is 6.61 Å². The van der Waals surface area contributed by atoms with E-state index >= 15 is 0 Å². The van der Waals surface area contributed by atoms with Gasteiger partial charge in [-0.1, -0.05) is 206 Å². The predicted octanol–water partition coefficient (Wildman–Crippen LogP) is 17.0. The fourth-order valence-electron chi connectivity index (χ4n) is 5.17. The number of hydrogen-bond donors (Lipinski definition) is 0. The van der Waals surface area contributed by atoms with Gasteiger partial charge in [-0.15, -0.1) is 0 Å². The summed E-state index contributed by atoms with van der Waals surface area (Å²) in [7, 11) is -17.4. The van der Waals surface area contributed by atoms with E-state index in [2.05, 4.69) is 199 Å². The number of carbonyl (C=O) groups excluding carboxylic acids is 1. The number of halogens is 12. The largest absolute Gasteiger partial charge is 0.456 e. The van der Waals surface area contributed by atoms with Gasteiger partial charge in [0.25, 0.3) is 0 Å². The van der Waals surface area contributed by atoms with Crippen molar-refractivity contribution >= 4 is 89.1 Å². The zero-order valence-corrected chi connectivity index (χ0v) is 44.3. The zero-order valence-electron chi connectivity index (χ0n) is 35.6. The van der Waals surface area contributed by atoms with Crippen LogP contribution >= 0.6 is 51.3 Å². The van der Waals surface area contributed by atoms with Gasteiger partial charge in [0, 0.05) is 50.4 Å². The average molecular weight is 1260 g/mol. The Kier molecular flexibility index (Phi) is 42.5. The minimum atomic E-state index is -4.12. The van der Waals surface area contributed by atoms with E-state index in [1.165, 1.54) is 31.8 Å². The fourth-order valence-corrected chi connectivity index (χ4v) is 9.78. The molecule has 0 aliphatic rings. The molecule has 0 unspecified atom stereocenters. The molecule has 0 aromatic heterocycles. The van der Waals surface area contributed by atoms with Gasteiger partial charge in [0.1, 0.15) is 0 Å². The molecular formula is C47H40F12O2P6Rh2. The summed E-state index contributed by atoms with van der Waals surface area (Å²) in [5.41, 5.74) is 0.815. The Labute approximate surface area is 428 Å². The van der Waals surface area contributed by atoms with Crippen LogP contribution in [0.2, 0.25) is 0 Å². The average Bonchev–Trinajstić information content (AvgIpc) is 3.31. The molecule has 0 saturated heterocycles. The summed E-state index contributed by atoms with van der Waals surface area (Å²) in [5.74, 6) is 4.61. The number of rotatable bonds is 7. The molecule has 7 aromatic rings. The Balaban J connectivity index is 0. The molecule has 22 heteroatoms. The summed E-state index contributed by atoms with van der Waals surface area (Å²) in [6, 6.07) is 74.0. The van der Waals surface area contributed by atoms with Crippen LogP contribution in [-0.4, -0.2) is 12.6 Å². The van der Waals surface area contributed by atoms with Crippen molar-refractivity contribution in [2.45, 2.75) is 6.92 Å². The molecule has 372 valence electrons. The number of benzene rings is 7. The summed E-state index contributed by atoms with van der Waals surface area (Å²) in [6.45, 7) is 2.12. The quantitative estimate of drug-likeness (QED) is 0.0523. The topological polar surface area (TPSA) is 26.3 Å². The van der Waals surface area contributed by atoms with Crippen LogP contribution in [0.5, 0.6) is 0 Å². The Hall–Kier alpha value is -3.44. The third-order valence-corrected chi connectivity index (χ3v) is 12.3. The van der Waals surface area contributed by atoms with Gasteiger partial charge in [-0.3, -0.25) is 0 Å². The normalized spacial score (nSPS) is 9.49. The van der Waals surface area contributed by atoms with E-state index in [9.17, 15) is 55.2 Å². The van der Waals surface area contributed by atoms with Crippen molar-refractivity contribution in [3.05, 3.63) is 218 Å². The molecule has 0 N–H and O–H groups in total. The summed E-state index contributed by atoms with van der Waals surface area (Å²) >= 11 is 0. The molecule has 0 bridgehead atoms. The van der Waals surface area contributed by atoms with Crippen LogP contribution < -0.4 is 31.8 Å². The molecule has 0 amide bonds. The van der Waals surface area contributed by atoms with Crippen molar-refractivity contribution < 1.29 is 98.9 Å². The van der Waals surface area contributed by atoms with Crippen LogP contribution in [0.1, 0.15) is 12.5 Å². The first-order valence-electron chi connectivity index (χ1n) is 18.9. The van der Waals surface area contributed by atoms with Gasteiger partial charge in [0.2, 0.25) is 0 Å². The number of ether oxygens (including phenoxy) is 1. The first kappa shape index (κ1) is 67.6. The summed E-state index contributed by atoms with van der Waals surface area (Å²) in [6.07, 6.45) is 0. The SMILES string of the molecule is CCOC(=O)C#Cc1ccccc1.FP(F)F.FP(F)F.FP(F)F.FP(F)F.[Rh].[Rh].c1ccc(P(c2ccccc2)c2ccccc2)cc1.c1ccc(P(c2ccccc2)c2ccccc2)cc1. The second-order valence-corrected chi connectivity index (χ2v) is 17.8. The Morgan fingerprint density at radius 2 is 0.536 bits per heavy atom. The van der Waals surface area contributed by atoms with Gasteiger partial charge in [-0.05, 0) is 66.7 Å². The van der Waals surface area contributed by atoms with E-state index in [0.29, 0.717) is 6.61 Å². The molecule has 2 nitrogen and oxygen atoms in total.